The fraction of sp³-hybridized carbons (Fsp3) is 0.400. The van der Waals surface area contributed by atoms with E-state index in [1.807, 2.05) is 0 Å². The van der Waals surface area contributed by atoms with E-state index >= 15 is 0 Å². The maximum Gasteiger partial charge on any atom is 0.0493 e. The number of nitrogens with two attached hydrogens (primary N) is 1. The molecule has 0 amide bonds. The van der Waals surface area contributed by atoms with Crippen molar-refractivity contribution in [3.63, 3.8) is 0 Å². The van der Waals surface area contributed by atoms with Crippen LogP contribution in [0.1, 0.15) is 22.7 Å². The molecule has 0 aromatic heterocycles. The first-order valence-corrected chi connectivity index (χ1v) is 4.29. The molecule has 0 bridgehead atoms. The lowest BCUT2D eigenvalue weighted by Crippen LogP contribution is -2.12. The van der Waals surface area contributed by atoms with Gasteiger partial charge in [-0.05, 0) is 36.6 Å². The van der Waals surface area contributed by atoms with Gasteiger partial charge in [-0.3, -0.25) is 0 Å². The van der Waals surface area contributed by atoms with E-state index in [1.54, 1.807) is 0 Å². The van der Waals surface area contributed by atoms with E-state index in [1.165, 1.54) is 22.4 Å². The molecular formula is C10H14N2. The summed E-state index contributed by atoms with van der Waals surface area (Å²) in [6.45, 7) is 5.11. The second kappa shape index (κ2) is 2.49. The van der Waals surface area contributed by atoms with Gasteiger partial charge in [0.05, 0.1) is 0 Å². The Morgan fingerprint density at radius 2 is 2.17 bits per heavy atom. The Kier molecular flexibility index (Phi) is 1.58. The van der Waals surface area contributed by atoms with E-state index in [0.29, 0.717) is 0 Å². The van der Waals surface area contributed by atoms with Crippen molar-refractivity contribution in [1.29, 1.82) is 0 Å². The van der Waals surface area contributed by atoms with Crippen molar-refractivity contribution in [3.05, 3.63) is 28.8 Å². The lowest BCUT2D eigenvalue weighted by Gasteiger charge is -2.07. The minimum Gasteiger partial charge on any atom is -0.383 e. The molecule has 1 aliphatic heterocycles. The van der Waals surface area contributed by atoms with Gasteiger partial charge in [-0.2, -0.15) is 0 Å². The van der Waals surface area contributed by atoms with Gasteiger partial charge < -0.3 is 11.1 Å². The Hall–Kier alpha value is -1.02. The third-order valence-corrected chi connectivity index (χ3v) is 2.41. The van der Waals surface area contributed by atoms with E-state index in [0.717, 1.165) is 6.54 Å². The van der Waals surface area contributed by atoms with Crippen LogP contribution >= 0.6 is 0 Å². The summed E-state index contributed by atoms with van der Waals surface area (Å²) < 4.78 is 0. The highest BCUT2D eigenvalue weighted by atomic mass is 15.0. The number of benzene rings is 1. The molecule has 0 saturated heterocycles. The summed E-state index contributed by atoms with van der Waals surface area (Å²) in [6.07, 6.45) is 0. The second-order valence-electron chi connectivity index (χ2n) is 3.53. The predicted molar refractivity (Wildman–Crippen MR) is 51.3 cm³/mol. The van der Waals surface area contributed by atoms with Crippen molar-refractivity contribution in [2.24, 2.45) is 5.73 Å². The third kappa shape index (κ3) is 0.994. The van der Waals surface area contributed by atoms with E-state index in [-0.39, 0.29) is 6.04 Å². The first-order chi connectivity index (χ1) is 5.68. The van der Waals surface area contributed by atoms with Crippen molar-refractivity contribution < 1.29 is 0 Å². The lowest BCUT2D eigenvalue weighted by molar-refractivity contribution is 0.802. The minimum atomic E-state index is 0.181. The molecule has 1 aromatic carbocycles. The molecule has 0 spiro atoms. The highest BCUT2D eigenvalue weighted by molar-refractivity contribution is 5.61. The van der Waals surface area contributed by atoms with E-state index < -0.39 is 0 Å². The molecule has 2 nitrogen and oxygen atoms in total. The van der Waals surface area contributed by atoms with Gasteiger partial charge in [0.2, 0.25) is 0 Å². The summed E-state index contributed by atoms with van der Waals surface area (Å²) in [4.78, 5) is 0. The van der Waals surface area contributed by atoms with Crippen LogP contribution in [0.2, 0.25) is 0 Å². The van der Waals surface area contributed by atoms with Crippen LogP contribution in [-0.2, 0) is 0 Å². The van der Waals surface area contributed by atoms with Gasteiger partial charge in [0.25, 0.3) is 0 Å². The van der Waals surface area contributed by atoms with Crippen LogP contribution in [0.15, 0.2) is 12.1 Å². The van der Waals surface area contributed by atoms with Crippen LogP contribution in [0.4, 0.5) is 5.69 Å². The van der Waals surface area contributed by atoms with Gasteiger partial charge in [0, 0.05) is 18.3 Å². The first-order valence-electron chi connectivity index (χ1n) is 4.29. The zero-order valence-corrected chi connectivity index (χ0v) is 7.52. The average Bonchev–Trinajstić information content (AvgIpc) is 2.31. The second-order valence-corrected chi connectivity index (χ2v) is 3.53. The summed E-state index contributed by atoms with van der Waals surface area (Å²) >= 11 is 0. The summed E-state index contributed by atoms with van der Waals surface area (Å²) in [5.74, 6) is 0. The molecule has 1 atom stereocenters. The predicted octanol–water partition coefficient (Wildman–Crippen LogP) is 1.73. The summed E-state index contributed by atoms with van der Waals surface area (Å²) in [5.41, 5.74) is 11.1. The average molecular weight is 162 g/mol. The Morgan fingerprint density at radius 3 is 2.92 bits per heavy atom. The van der Waals surface area contributed by atoms with E-state index in [4.69, 9.17) is 5.73 Å². The molecule has 0 radical (unpaired) electrons. The van der Waals surface area contributed by atoms with Crippen molar-refractivity contribution in [1.82, 2.24) is 0 Å². The summed E-state index contributed by atoms with van der Waals surface area (Å²) in [7, 11) is 0. The first kappa shape index (κ1) is 7.62. The topological polar surface area (TPSA) is 38.0 Å². The smallest absolute Gasteiger partial charge is 0.0493 e. The summed E-state index contributed by atoms with van der Waals surface area (Å²) in [6, 6.07) is 4.53. The Balaban J connectivity index is 2.60. The molecule has 3 N–H and O–H groups in total. The maximum absolute atomic E-state index is 5.93. The van der Waals surface area contributed by atoms with Gasteiger partial charge in [-0.15, -0.1) is 0 Å². The molecule has 64 valence electrons. The molecule has 2 heteroatoms. The number of nitrogens with one attached hydrogen (secondary N) is 1. The van der Waals surface area contributed by atoms with Crippen LogP contribution in [0, 0.1) is 13.8 Å². The van der Waals surface area contributed by atoms with Gasteiger partial charge in [-0.25, -0.2) is 0 Å². The number of hydrogen-bond acceptors (Lipinski definition) is 2. The van der Waals surface area contributed by atoms with Crippen LogP contribution in [0.25, 0.3) is 0 Å². The monoisotopic (exact) mass is 162 g/mol. The maximum atomic E-state index is 5.93. The van der Waals surface area contributed by atoms with Crippen LogP contribution in [-0.4, -0.2) is 6.54 Å². The van der Waals surface area contributed by atoms with Gasteiger partial charge in [0.1, 0.15) is 0 Å². The van der Waals surface area contributed by atoms with Crippen molar-refractivity contribution >= 4 is 5.69 Å². The number of fused-ring (bicyclic) bond motifs is 1. The van der Waals surface area contributed by atoms with Crippen LogP contribution < -0.4 is 11.1 Å². The largest absolute Gasteiger partial charge is 0.383 e. The fourth-order valence-electron chi connectivity index (χ4n) is 1.94. The SMILES string of the molecule is Cc1cc(C)c2c(c1)NCC2N. The molecule has 1 unspecified atom stereocenters. The van der Waals surface area contributed by atoms with Gasteiger partial charge in [-0.1, -0.05) is 6.07 Å². The number of rotatable bonds is 0. The lowest BCUT2D eigenvalue weighted by atomic mass is 10.0. The molecule has 0 saturated carbocycles. The molecule has 1 aliphatic rings. The highest BCUT2D eigenvalue weighted by Gasteiger charge is 2.20. The van der Waals surface area contributed by atoms with E-state index in [9.17, 15) is 0 Å². The highest BCUT2D eigenvalue weighted by Crippen LogP contribution is 2.31. The number of hydrogen-bond donors (Lipinski definition) is 2. The van der Waals surface area contributed by atoms with Crippen LogP contribution in [0.5, 0.6) is 0 Å². The van der Waals surface area contributed by atoms with Crippen molar-refractivity contribution in [2.45, 2.75) is 19.9 Å². The zero-order valence-electron chi connectivity index (χ0n) is 7.52. The fourth-order valence-corrected chi connectivity index (χ4v) is 1.94. The number of aryl methyl sites for hydroxylation is 2. The van der Waals surface area contributed by atoms with E-state index in [2.05, 4.69) is 31.3 Å². The van der Waals surface area contributed by atoms with Crippen molar-refractivity contribution in [2.75, 3.05) is 11.9 Å². The normalized spacial score (nSPS) is 20.4. The van der Waals surface area contributed by atoms with Crippen LogP contribution in [0.3, 0.4) is 0 Å². The number of anilines is 1. The molecule has 1 aromatic rings. The molecule has 1 heterocycles. The molecule has 0 aliphatic carbocycles. The molecule has 2 rings (SSSR count). The Morgan fingerprint density at radius 1 is 1.42 bits per heavy atom. The molecule has 12 heavy (non-hydrogen) atoms. The quantitative estimate of drug-likeness (QED) is 0.609. The standard InChI is InChI=1S/C10H14N2/c1-6-3-7(2)10-8(11)5-12-9(10)4-6/h3-4,8,12H,5,11H2,1-2H3. The molecule has 0 fully saturated rings. The van der Waals surface area contributed by atoms with Gasteiger partial charge in [0.15, 0.2) is 0 Å². The zero-order chi connectivity index (χ0) is 8.72. The Bertz CT molecular complexity index is 318. The molecular weight excluding hydrogens is 148 g/mol. The van der Waals surface area contributed by atoms with Crippen molar-refractivity contribution in [3.8, 4) is 0 Å². The van der Waals surface area contributed by atoms with Gasteiger partial charge >= 0.3 is 0 Å². The Labute approximate surface area is 72.8 Å². The summed E-state index contributed by atoms with van der Waals surface area (Å²) in [5, 5.41) is 3.31. The minimum absolute atomic E-state index is 0.181. The third-order valence-electron chi connectivity index (χ3n) is 2.41.